The van der Waals surface area contributed by atoms with Crippen LogP contribution in [-0.4, -0.2) is 47.7 Å². The second-order valence-corrected chi connectivity index (χ2v) is 6.92. The van der Waals surface area contributed by atoms with Crippen molar-refractivity contribution in [3.05, 3.63) is 0 Å². The second-order valence-electron chi connectivity index (χ2n) is 6.92. The average Bonchev–Trinajstić information content (AvgIpc) is 2.75. The molecule has 20 heavy (non-hydrogen) atoms. The number of amides is 1. The summed E-state index contributed by atoms with van der Waals surface area (Å²) >= 11 is 0. The molecule has 0 bridgehead atoms. The zero-order valence-corrected chi connectivity index (χ0v) is 13.5. The van der Waals surface area contributed by atoms with Crippen LogP contribution in [-0.2, 0) is 19.1 Å². The molecule has 0 aromatic heterocycles. The van der Waals surface area contributed by atoms with Crippen molar-refractivity contribution in [1.82, 2.24) is 4.90 Å². The van der Waals surface area contributed by atoms with Crippen molar-refractivity contribution in [2.45, 2.75) is 71.1 Å². The van der Waals surface area contributed by atoms with Crippen molar-refractivity contribution in [3.63, 3.8) is 0 Å². The van der Waals surface area contributed by atoms with Gasteiger partial charge < -0.3 is 14.4 Å². The van der Waals surface area contributed by atoms with E-state index in [1.54, 1.807) is 12.0 Å². The third kappa shape index (κ3) is 4.78. The molecular weight excluding hydrogens is 258 g/mol. The molecule has 0 saturated carbocycles. The Morgan fingerprint density at radius 3 is 2.30 bits per heavy atom. The minimum atomic E-state index is -0.528. The third-order valence-electron chi connectivity index (χ3n) is 3.38. The number of hydrogen-bond acceptors (Lipinski definition) is 4. The van der Waals surface area contributed by atoms with Gasteiger partial charge in [-0.25, -0.2) is 4.79 Å². The lowest BCUT2D eigenvalue weighted by Gasteiger charge is -2.30. The fraction of sp³-hybridized carbons (Fsp3) is 0.867. The molecule has 1 saturated heterocycles. The molecule has 5 nitrogen and oxygen atoms in total. The first-order valence-electron chi connectivity index (χ1n) is 7.13. The Hall–Kier alpha value is -1.10. The van der Waals surface area contributed by atoms with Gasteiger partial charge in [0, 0.05) is 13.7 Å². The minimum Gasteiger partial charge on any atom is -0.458 e. The molecule has 0 aliphatic carbocycles. The van der Waals surface area contributed by atoms with Crippen LogP contribution in [0.15, 0.2) is 0 Å². The van der Waals surface area contributed by atoms with E-state index in [4.69, 9.17) is 9.47 Å². The summed E-state index contributed by atoms with van der Waals surface area (Å²) in [6.07, 6.45) is 1.78. The van der Waals surface area contributed by atoms with E-state index < -0.39 is 17.2 Å². The Labute approximate surface area is 121 Å². The Balaban J connectivity index is 2.70. The molecule has 1 amide bonds. The van der Waals surface area contributed by atoms with Crippen LogP contribution in [0.5, 0.6) is 0 Å². The van der Waals surface area contributed by atoms with E-state index in [1.807, 2.05) is 34.6 Å². The van der Waals surface area contributed by atoms with Crippen LogP contribution in [0.1, 0.15) is 53.9 Å². The van der Waals surface area contributed by atoms with Gasteiger partial charge in [0.25, 0.3) is 0 Å². The quantitative estimate of drug-likeness (QED) is 0.743. The van der Waals surface area contributed by atoms with Crippen LogP contribution in [0.4, 0.5) is 0 Å². The number of methoxy groups -OCH3 is 1. The highest BCUT2D eigenvalue weighted by atomic mass is 16.6. The summed E-state index contributed by atoms with van der Waals surface area (Å²) in [5, 5.41) is 0. The predicted molar refractivity (Wildman–Crippen MR) is 76.3 cm³/mol. The van der Waals surface area contributed by atoms with Crippen molar-refractivity contribution >= 4 is 11.9 Å². The Kier molecular flexibility index (Phi) is 5.19. The van der Waals surface area contributed by atoms with E-state index in [9.17, 15) is 9.59 Å². The highest BCUT2D eigenvalue weighted by Crippen LogP contribution is 2.24. The standard InChI is InChI=1S/C15H27NO4/c1-14(2,3)20-13(18)11-8-7-9-16(11)12(17)10-15(4,5)19-6/h11H,7-10H2,1-6H3/t11-/m0/s1. The fourth-order valence-electron chi connectivity index (χ4n) is 2.22. The topological polar surface area (TPSA) is 55.8 Å². The molecule has 0 N–H and O–H groups in total. The SMILES string of the molecule is COC(C)(C)CC(=O)N1CCC[C@H]1C(=O)OC(C)(C)C. The summed E-state index contributed by atoms with van der Waals surface area (Å²) < 4.78 is 10.7. The minimum absolute atomic E-state index is 0.0507. The van der Waals surface area contributed by atoms with Crippen LogP contribution in [0.3, 0.4) is 0 Å². The van der Waals surface area contributed by atoms with Crippen molar-refractivity contribution in [3.8, 4) is 0 Å². The molecule has 116 valence electrons. The highest BCUT2D eigenvalue weighted by Gasteiger charge is 2.38. The molecular formula is C15H27NO4. The van der Waals surface area contributed by atoms with Gasteiger partial charge in [-0.1, -0.05) is 0 Å². The number of carbonyl (C=O) groups is 2. The van der Waals surface area contributed by atoms with E-state index in [0.29, 0.717) is 13.0 Å². The number of rotatable bonds is 4. The van der Waals surface area contributed by atoms with Gasteiger partial charge in [-0.2, -0.15) is 0 Å². The summed E-state index contributed by atoms with van der Waals surface area (Å²) in [4.78, 5) is 26.1. The van der Waals surface area contributed by atoms with Crippen LogP contribution in [0, 0.1) is 0 Å². The molecule has 0 spiro atoms. The van der Waals surface area contributed by atoms with Crippen LogP contribution < -0.4 is 0 Å². The molecule has 0 radical (unpaired) electrons. The maximum Gasteiger partial charge on any atom is 0.329 e. The van der Waals surface area contributed by atoms with Crippen LogP contribution >= 0.6 is 0 Å². The summed E-state index contributed by atoms with van der Waals surface area (Å²) in [6.45, 7) is 9.84. The van der Waals surface area contributed by atoms with Gasteiger partial charge in [-0.15, -0.1) is 0 Å². The second kappa shape index (κ2) is 6.12. The first-order valence-corrected chi connectivity index (χ1v) is 7.13. The predicted octanol–water partition coefficient (Wildman–Crippen LogP) is 2.13. The maximum atomic E-state index is 12.3. The van der Waals surface area contributed by atoms with Gasteiger partial charge in [0.1, 0.15) is 11.6 Å². The average molecular weight is 285 g/mol. The van der Waals surface area contributed by atoms with Crippen LogP contribution in [0.2, 0.25) is 0 Å². The van der Waals surface area contributed by atoms with Gasteiger partial charge >= 0.3 is 5.97 Å². The Bertz CT molecular complexity index is 371. The first kappa shape index (κ1) is 17.0. The van der Waals surface area contributed by atoms with Crippen molar-refractivity contribution < 1.29 is 19.1 Å². The lowest BCUT2D eigenvalue weighted by atomic mass is 10.0. The first-order chi connectivity index (χ1) is 9.06. The van der Waals surface area contributed by atoms with Crippen molar-refractivity contribution in [2.75, 3.05) is 13.7 Å². The summed E-state index contributed by atoms with van der Waals surface area (Å²) in [7, 11) is 1.59. The summed E-state index contributed by atoms with van der Waals surface area (Å²) in [5.41, 5.74) is -1.04. The zero-order chi connectivity index (χ0) is 15.6. The molecule has 1 atom stereocenters. The summed E-state index contributed by atoms with van der Waals surface area (Å²) in [6, 6.07) is -0.450. The van der Waals surface area contributed by atoms with E-state index in [0.717, 1.165) is 6.42 Å². The van der Waals surface area contributed by atoms with Crippen LogP contribution in [0.25, 0.3) is 0 Å². The molecule has 0 unspecified atom stereocenters. The zero-order valence-electron chi connectivity index (χ0n) is 13.5. The largest absolute Gasteiger partial charge is 0.458 e. The number of hydrogen-bond donors (Lipinski definition) is 0. The number of carbonyl (C=O) groups excluding carboxylic acids is 2. The normalized spacial score (nSPS) is 20.1. The van der Waals surface area contributed by atoms with Gasteiger partial charge in [-0.3, -0.25) is 4.79 Å². The Morgan fingerprint density at radius 1 is 1.20 bits per heavy atom. The smallest absolute Gasteiger partial charge is 0.329 e. The number of esters is 1. The van der Waals surface area contributed by atoms with E-state index >= 15 is 0 Å². The van der Waals surface area contributed by atoms with Gasteiger partial charge in [0.15, 0.2) is 0 Å². The molecule has 1 heterocycles. The monoisotopic (exact) mass is 285 g/mol. The number of ether oxygens (including phenoxy) is 2. The van der Waals surface area contributed by atoms with E-state index in [-0.39, 0.29) is 18.3 Å². The van der Waals surface area contributed by atoms with Gasteiger partial charge in [-0.05, 0) is 47.5 Å². The fourth-order valence-corrected chi connectivity index (χ4v) is 2.22. The molecule has 1 aliphatic rings. The molecule has 5 heteroatoms. The Morgan fingerprint density at radius 2 is 1.80 bits per heavy atom. The molecule has 0 aromatic carbocycles. The molecule has 0 aromatic rings. The third-order valence-corrected chi connectivity index (χ3v) is 3.38. The molecule has 1 aliphatic heterocycles. The van der Waals surface area contributed by atoms with Crippen molar-refractivity contribution in [1.29, 1.82) is 0 Å². The molecule has 1 fully saturated rings. The van der Waals surface area contributed by atoms with E-state index in [1.165, 1.54) is 0 Å². The number of likely N-dealkylation sites (tertiary alicyclic amines) is 1. The maximum absolute atomic E-state index is 12.3. The van der Waals surface area contributed by atoms with E-state index in [2.05, 4.69) is 0 Å². The lowest BCUT2D eigenvalue weighted by Crippen LogP contribution is -2.45. The highest BCUT2D eigenvalue weighted by molar-refractivity contribution is 5.85. The summed E-state index contributed by atoms with van der Waals surface area (Å²) in [5.74, 6) is -0.358. The van der Waals surface area contributed by atoms with Gasteiger partial charge in [0.05, 0.1) is 12.0 Å². The van der Waals surface area contributed by atoms with Gasteiger partial charge in [0.2, 0.25) is 5.91 Å². The van der Waals surface area contributed by atoms with Crippen molar-refractivity contribution in [2.24, 2.45) is 0 Å². The number of nitrogens with zero attached hydrogens (tertiary/aromatic N) is 1. The lowest BCUT2D eigenvalue weighted by molar-refractivity contribution is -0.164. The molecule has 1 rings (SSSR count).